The molecule has 0 radical (unpaired) electrons. The Morgan fingerprint density at radius 2 is 1.92 bits per heavy atom. The van der Waals surface area contributed by atoms with Gasteiger partial charge in [0.1, 0.15) is 17.5 Å². The van der Waals surface area contributed by atoms with Gasteiger partial charge in [-0.3, -0.25) is 14.5 Å². The Kier molecular flexibility index (Phi) is 7.06. The van der Waals surface area contributed by atoms with Crippen LogP contribution in [0.15, 0.2) is 18.2 Å². The van der Waals surface area contributed by atoms with Gasteiger partial charge >= 0.3 is 5.97 Å². The van der Waals surface area contributed by atoms with E-state index < -0.39 is 6.04 Å². The maximum Gasteiger partial charge on any atom is 0.307 e. The second kappa shape index (κ2) is 9.27. The van der Waals surface area contributed by atoms with Crippen molar-refractivity contribution in [1.82, 2.24) is 10.2 Å². The molecule has 1 aromatic carbocycles. The van der Waals surface area contributed by atoms with Crippen LogP contribution in [-0.2, 0) is 20.9 Å². The fourth-order valence-electron chi connectivity index (χ4n) is 2.80. The molecular formula is C18H26N2O5. The summed E-state index contributed by atoms with van der Waals surface area (Å²) in [6.45, 7) is 4.05. The van der Waals surface area contributed by atoms with Crippen LogP contribution >= 0.6 is 0 Å². The number of nitrogens with one attached hydrogen (secondary N) is 1. The molecule has 1 amide bonds. The zero-order valence-corrected chi connectivity index (χ0v) is 15.0. The maximum absolute atomic E-state index is 12.2. The number of hydrogen-bond acceptors (Lipinski definition) is 6. The lowest BCUT2D eigenvalue weighted by molar-refractivity contribution is -0.148. The van der Waals surface area contributed by atoms with E-state index >= 15 is 0 Å². The molecule has 0 aromatic heterocycles. The second-order valence-corrected chi connectivity index (χ2v) is 5.92. The Morgan fingerprint density at radius 1 is 1.24 bits per heavy atom. The van der Waals surface area contributed by atoms with E-state index in [0.717, 1.165) is 12.0 Å². The van der Waals surface area contributed by atoms with Gasteiger partial charge in [0.2, 0.25) is 5.91 Å². The highest BCUT2D eigenvalue weighted by atomic mass is 16.5. The molecule has 0 aliphatic carbocycles. The lowest BCUT2D eigenvalue weighted by Crippen LogP contribution is -2.55. The largest absolute Gasteiger partial charge is 0.497 e. The molecule has 1 saturated heterocycles. The van der Waals surface area contributed by atoms with E-state index in [4.69, 9.17) is 14.2 Å². The van der Waals surface area contributed by atoms with Crippen LogP contribution in [0.3, 0.4) is 0 Å². The third kappa shape index (κ3) is 5.35. The van der Waals surface area contributed by atoms with Crippen LogP contribution in [0.1, 0.15) is 25.3 Å². The van der Waals surface area contributed by atoms with Crippen molar-refractivity contribution in [3.8, 4) is 11.5 Å². The predicted molar refractivity (Wildman–Crippen MR) is 92.6 cm³/mol. The van der Waals surface area contributed by atoms with Crippen LogP contribution in [-0.4, -0.2) is 56.7 Å². The minimum Gasteiger partial charge on any atom is -0.497 e. The monoisotopic (exact) mass is 350 g/mol. The fraction of sp³-hybridized carbons (Fsp3) is 0.556. The van der Waals surface area contributed by atoms with Crippen molar-refractivity contribution in [3.63, 3.8) is 0 Å². The van der Waals surface area contributed by atoms with Gasteiger partial charge in [-0.2, -0.15) is 0 Å². The summed E-state index contributed by atoms with van der Waals surface area (Å²) in [5.74, 6) is 0.885. The van der Waals surface area contributed by atoms with Gasteiger partial charge in [-0.1, -0.05) is 6.92 Å². The third-order valence-electron chi connectivity index (χ3n) is 4.07. The Hall–Kier alpha value is -2.28. The number of methoxy groups -OCH3 is 2. The van der Waals surface area contributed by atoms with Gasteiger partial charge in [0.25, 0.3) is 0 Å². The molecule has 0 unspecified atom stereocenters. The molecule has 2 rings (SSSR count). The quantitative estimate of drug-likeness (QED) is 0.713. The summed E-state index contributed by atoms with van der Waals surface area (Å²) in [6, 6.07) is 5.07. The van der Waals surface area contributed by atoms with Gasteiger partial charge in [0, 0.05) is 25.7 Å². The van der Waals surface area contributed by atoms with E-state index in [-0.39, 0.29) is 18.3 Å². The van der Waals surface area contributed by atoms with Crippen molar-refractivity contribution < 1.29 is 23.8 Å². The number of benzene rings is 1. The normalized spacial score (nSPS) is 17.7. The minimum atomic E-state index is -0.532. The fourth-order valence-corrected chi connectivity index (χ4v) is 2.80. The summed E-state index contributed by atoms with van der Waals surface area (Å²) in [4.78, 5) is 26.2. The molecule has 1 heterocycles. The van der Waals surface area contributed by atoms with E-state index in [1.165, 1.54) is 0 Å². The van der Waals surface area contributed by atoms with Crippen LogP contribution in [0.4, 0.5) is 0 Å². The Bertz CT molecular complexity index is 583. The van der Waals surface area contributed by atoms with Crippen molar-refractivity contribution in [3.05, 3.63) is 23.8 Å². The van der Waals surface area contributed by atoms with Gasteiger partial charge in [-0.15, -0.1) is 0 Å². The molecule has 1 N–H and O–H groups in total. The average Bonchev–Trinajstić information content (AvgIpc) is 2.62. The van der Waals surface area contributed by atoms with Gasteiger partial charge < -0.3 is 19.5 Å². The molecule has 7 heteroatoms. The van der Waals surface area contributed by atoms with E-state index in [9.17, 15) is 9.59 Å². The first-order chi connectivity index (χ1) is 12.1. The molecule has 1 aliphatic heterocycles. The highest BCUT2D eigenvalue weighted by Crippen LogP contribution is 2.24. The van der Waals surface area contributed by atoms with Gasteiger partial charge in [0.15, 0.2) is 0 Å². The molecule has 138 valence electrons. The van der Waals surface area contributed by atoms with Crippen molar-refractivity contribution in [2.24, 2.45) is 0 Å². The van der Waals surface area contributed by atoms with Crippen molar-refractivity contribution in [2.75, 3.05) is 33.9 Å². The smallest absolute Gasteiger partial charge is 0.307 e. The number of ether oxygens (including phenoxy) is 3. The molecule has 1 aliphatic rings. The predicted octanol–water partition coefficient (Wildman–Crippen LogP) is 1.35. The van der Waals surface area contributed by atoms with Gasteiger partial charge in [-0.05, 0) is 24.1 Å². The first-order valence-corrected chi connectivity index (χ1v) is 8.46. The molecule has 25 heavy (non-hydrogen) atoms. The van der Waals surface area contributed by atoms with Crippen molar-refractivity contribution in [2.45, 2.75) is 32.4 Å². The summed E-state index contributed by atoms with van der Waals surface area (Å²) in [5, 5.41) is 2.82. The summed E-state index contributed by atoms with van der Waals surface area (Å²) >= 11 is 0. The van der Waals surface area contributed by atoms with Gasteiger partial charge in [0.05, 0.1) is 27.2 Å². The minimum absolute atomic E-state index is 0.0485. The van der Waals surface area contributed by atoms with Crippen LogP contribution in [0, 0.1) is 0 Å². The number of hydrogen-bond donors (Lipinski definition) is 1. The summed E-state index contributed by atoms with van der Waals surface area (Å²) < 4.78 is 15.7. The second-order valence-electron chi connectivity index (χ2n) is 5.92. The number of carbonyl (C=O) groups excluding carboxylic acids is 2. The average molecular weight is 350 g/mol. The van der Waals surface area contributed by atoms with Gasteiger partial charge in [-0.25, -0.2) is 0 Å². The molecular weight excluding hydrogens is 324 g/mol. The number of rotatable bonds is 8. The number of amides is 1. The zero-order chi connectivity index (χ0) is 18.2. The maximum atomic E-state index is 12.2. The third-order valence-corrected chi connectivity index (χ3v) is 4.07. The molecule has 1 atom stereocenters. The first kappa shape index (κ1) is 19.1. The number of carbonyl (C=O) groups is 2. The van der Waals surface area contributed by atoms with Crippen LogP contribution in [0.5, 0.6) is 11.5 Å². The molecule has 1 aromatic rings. The van der Waals surface area contributed by atoms with E-state index in [2.05, 4.69) is 5.32 Å². The molecule has 1 fully saturated rings. The molecule has 0 saturated carbocycles. The number of esters is 1. The summed E-state index contributed by atoms with van der Waals surface area (Å²) in [6.07, 6.45) is 0.808. The van der Waals surface area contributed by atoms with Crippen LogP contribution in [0.25, 0.3) is 0 Å². The first-order valence-electron chi connectivity index (χ1n) is 8.46. The Balaban J connectivity index is 2.11. The van der Waals surface area contributed by atoms with E-state index in [0.29, 0.717) is 37.7 Å². The lowest BCUT2D eigenvalue weighted by atomic mass is 10.1. The molecule has 7 nitrogen and oxygen atoms in total. The number of nitrogens with zero attached hydrogens (tertiary/aromatic N) is 1. The SMILES string of the molecule is CCCOC(=O)C[C@@H]1C(=O)NCCN1Cc1cc(OC)cc(OC)c1. The summed E-state index contributed by atoms with van der Waals surface area (Å²) in [5.41, 5.74) is 0.956. The highest BCUT2D eigenvalue weighted by Gasteiger charge is 2.32. The lowest BCUT2D eigenvalue weighted by Gasteiger charge is -2.34. The number of piperazine rings is 1. The van der Waals surface area contributed by atoms with Crippen LogP contribution in [0.2, 0.25) is 0 Å². The molecule has 0 spiro atoms. The molecule has 0 bridgehead atoms. The van der Waals surface area contributed by atoms with E-state index in [1.807, 2.05) is 24.0 Å². The van der Waals surface area contributed by atoms with E-state index in [1.54, 1.807) is 20.3 Å². The Morgan fingerprint density at radius 3 is 2.52 bits per heavy atom. The Labute approximate surface area is 148 Å². The highest BCUT2D eigenvalue weighted by molar-refractivity contribution is 5.87. The topological polar surface area (TPSA) is 77.1 Å². The van der Waals surface area contributed by atoms with Crippen molar-refractivity contribution >= 4 is 11.9 Å². The summed E-state index contributed by atoms with van der Waals surface area (Å²) in [7, 11) is 3.19. The van der Waals surface area contributed by atoms with Crippen molar-refractivity contribution in [1.29, 1.82) is 0 Å². The van der Waals surface area contributed by atoms with Crippen LogP contribution < -0.4 is 14.8 Å². The standard InChI is InChI=1S/C18H26N2O5/c1-4-7-25-17(21)11-16-18(22)19-5-6-20(16)12-13-8-14(23-2)10-15(9-13)24-3/h8-10,16H,4-7,11-12H2,1-3H3,(H,19,22)/t16-/m1/s1. The zero-order valence-electron chi connectivity index (χ0n) is 15.0.